The fraction of sp³-hybridized carbons (Fsp3) is 0.240. The minimum Gasteiger partial charge on any atom is -0.493 e. The van der Waals surface area contributed by atoms with E-state index >= 15 is 0 Å². The average molecular weight is 406 g/mol. The number of esters is 1. The Morgan fingerprint density at radius 2 is 1.27 bits per heavy atom. The Morgan fingerprint density at radius 3 is 1.70 bits per heavy atom. The van der Waals surface area contributed by atoms with Gasteiger partial charge in [-0.2, -0.15) is 0 Å². The molecule has 30 heavy (non-hydrogen) atoms. The largest absolute Gasteiger partial charge is 0.493 e. The molecule has 0 aliphatic rings. The quantitative estimate of drug-likeness (QED) is 0.469. The van der Waals surface area contributed by atoms with E-state index in [2.05, 4.69) is 0 Å². The topological polar surface area (TPSA) is 54.0 Å². The summed E-state index contributed by atoms with van der Waals surface area (Å²) in [6.07, 6.45) is 0.248. The van der Waals surface area contributed by atoms with Gasteiger partial charge in [-0.15, -0.1) is 0 Å². The van der Waals surface area contributed by atoms with E-state index in [4.69, 9.17) is 18.9 Å². The van der Waals surface area contributed by atoms with Gasteiger partial charge in [-0.05, 0) is 28.8 Å². The Balaban J connectivity index is 1.74. The maximum Gasteiger partial charge on any atom is 0.307 e. The minimum absolute atomic E-state index is 0.0696. The second-order valence-corrected chi connectivity index (χ2v) is 6.77. The SMILES string of the molecule is COc1cc(COC(=O)CC(c2ccccc2)c2ccccc2)cc(OC)c1OC. The first-order chi connectivity index (χ1) is 14.7. The molecule has 3 aromatic rings. The van der Waals surface area contributed by atoms with Crippen LogP contribution in [0, 0.1) is 0 Å². The van der Waals surface area contributed by atoms with Gasteiger partial charge in [0, 0.05) is 5.92 Å². The van der Waals surface area contributed by atoms with Crippen LogP contribution in [0.25, 0.3) is 0 Å². The molecular weight excluding hydrogens is 380 g/mol. The van der Waals surface area contributed by atoms with E-state index in [0.717, 1.165) is 16.7 Å². The van der Waals surface area contributed by atoms with Crippen molar-refractivity contribution < 1.29 is 23.7 Å². The van der Waals surface area contributed by atoms with Crippen molar-refractivity contribution in [2.75, 3.05) is 21.3 Å². The molecule has 0 saturated carbocycles. The summed E-state index contributed by atoms with van der Waals surface area (Å²) in [5.41, 5.74) is 2.91. The van der Waals surface area contributed by atoms with Crippen LogP contribution in [0.15, 0.2) is 72.8 Å². The number of benzene rings is 3. The molecule has 5 nitrogen and oxygen atoms in total. The summed E-state index contributed by atoms with van der Waals surface area (Å²) in [4.78, 5) is 12.7. The first-order valence-corrected chi connectivity index (χ1v) is 9.70. The normalized spacial score (nSPS) is 10.5. The van der Waals surface area contributed by atoms with Crippen molar-refractivity contribution in [2.45, 2.75) is 18.9 Å². The highest BCUT2D eigenvalue weighted by atomic mass is 16.5. The van der Waals surface area contributed by atoms with Gasteiger partial charge >= 0.3 is 5.97 Å². The third-order valence-electron chi connectivity index (χ3n) is 4.90. The molecule has 0 fully saturated rings. The third-order valence-corrected chi connectivity index (χ3v) is 4.90. The van der Waals surface area contributed by atoms with Gasteiger partial charge in [-0.25, -0.2) is 0 Å². The zero-order valence-corrected chi connectivity index (χ0v) is 17.5. The lowest BCUT2D eigenvalue weighted by Crippen LogP contribution is -2.12. The van der Waals surface area contributed by atoms with E-state index in [-0.39, 0.29) is 24.9 Å². The van der Waals surface area contributed by atoms with Crippen LogP contribution in [0.5, 0.6) is 17.2 Å². The van der Waals surface area contributed by atoms with Gasteiger partial charge in [0.1, 0.15) is 6.61 Å². The van der Waals surface area contributed by atoms with Crippen LogP contribution in [0.4, 0.5) is 0 Å². The average Bonchev–Trinajstić information content (AvgIpc) is 2.81. The molecule has 156 valence electrons. The maximum absolute atomic E-state index is 12.7. The van der Waals surface area contributed by atoms with Crippen molar-refractivity contribution >= 4 is 5.97 Å². The van der Waals surface area contributed by atoms with Crippen LogP contribution in [-0.2, 0) is 16.1 Å². The van der Waals surface area contributed by atoms with Gasteiger partial charge in [0.25, 0.3) is 0 Å². The number of ether oxygens (including phenoxy) is 4. The summed E-state index contributed by atoms with van der Waals surface area (Å²) in [6.45, 7) is 0.117. The highest BCUT2D eigenvalue weighted by Crippen LogP contribution is 2.38. The summed E-state index contributed by atoms with van der Waals surface area (Å²) in [5.74, 6) is 1.20. The molecule has 5 heteroatoms. The van der Waals surface area contributed by atoms with Crippen molar-refractivity contribution in [3.63, 3.8) is 0 Å². The second kappa shape index (κ2) is 10.3. The molecule has 0 atom stereocenters. The predicted octanol–water partition coefficient (Wildman–Crippen LogP) is 4.98. The molecule has 0 bridgehead atoms. The number of carbonyl (C=O) groups excluding carboxylic acids is 1. The number of hydrogen-bond donors (Lipinski definition) is 0. The first kappa shape index (κ1) is 21.2. The Bertz CT molecular complexity index is 889. The molecule has 0 aromatic heterocycles. The molecule has 0 unspecified atom stereocenters. The second-order valence-electron chi connectivity index (χ2n) is 6.77. The number of methoxy groups -OCH3 is 3. The standard InChI is InChI=1S/C25H26O5/c1-27-22-14-18(15-23(28-2)25(22)29-3)17-30-24(26)16-21(19-10-6-4-7-11-19)20-12-8-5-9-13-20/h4-15,21H,16-17H2,1-3H3. The fourth-order valence-corrected chi connectivity index (χ4v) is 3.41. The number of rotatable bonds is 9. The first-order valence-electron chi connectivity index (χ1n) is 9.70. The Labute approximate surface area is 177 Å². The molecular formula is C25H26O5. The number of carbonyl (C=O) groups is 1. The van der Waals surface area contributed by atoms with Crippen LogP contribution < -0.4 is 14.2 Å². The molecule has 0 aliphatic carbocycles. The monoisotopic (exact) mass is 406 g/mol. The number of hydrogen-bond acceptors (Lipinski definition) is 5. The van der Waals surface area contributed by atoms with Crippen LogP contribution in [0.3, 0.4) is 0 Å². The molecule has 0 heterocycles. The molecule has 3 aromatic carbocycles. The summed E-state index contributed by atoms with van der Waals surface area (Å²) < 4.78 is 21.6. The van der Waals surface area contributed by atoms with Gasteiger partial charge in [-0.1, -0.05) is 60.7 Å². The smallest absolute Gasteiger partial charge is 0.307 e. The lowest BCUT2D eigenvalue weighted by atomic mass is 9.89. The summed E-state index contributed by atoms with van der Waals surface area (Å²) >= 11 is 0. The summed E-state index contributed by atoms with van der Waals surface area (Å²) in [5, 5.41) is 0. The molecule has 0 amide bonds. The van der Waals surface area contributed by atoms with Gasteiger partial charge in [0.05, 0.1) is 27.8 Å². The van der Waals surface area contributed by atoms with Crippen molar-refractivity contribution in [3.05, 3.63) is 89.5 Å². The zero-order valence-electron chi connectivity index (χ0n) is 17.5. The zero-order chi connectivity index (χ0) is 21.3. The molecule has 0 aliphatic heterocycles. The van der Waals surface area contributed by atoms with Crippen LogP contribution >= 0.6 is 0 Å². The van der Waals surface area contributed by atoms with Crippen LogP contribution in [0.1, 0.15) is 29.0 Å². The predicted molar refractivity (Wildman–Crippen MR) is 115 cm³/mol. The van der Waals surface area contributed by atoms with Crippen molar-refractivity contribution in [1.82, 2.24) is 0 Å². The Morgan fingerprint density at radius 1 is 0.767 bits per heavy atom. The van der Waals surface area contributed by atoms with Crippen LogP contribution in [-0.4, -0.2) is 27.3 Å². The molecule has 0 spiro atoms. The highest BCUT2D eigenvalue weighted by molar-refractivity contribution is 5.71. The van der Waals surface area contributed by atoms with E-state index in [9.17, 15) is 4.79 Å². The van der Waals surface area contributed by atoms with Gasteiger partial charge in [0.2, 0.25) is 5.75 Å². The van der Waals surface area contributed by atoms with Crippen LogP contribution in [0.2, 0.25) is 0 Å². The summed E-state index contributed by atoms with van der Waals surface area (Å²) in [6, 6.07) is 23.5. The van der Waals surface area contributed by atoms with E-state index in [1.54, 1.807) is 33.5 Å². The van der Waals surface area contributed by atoms with E-state index < -0.39 is 0 Å². The lowest BCUT2D eigenvalue weighted by molar-refractivity contribution is -0.145. The Kier molecular flexibility index (Phi) is 7.33. The van der Waals surface area contributed by atoms with Crippen molar-refractivity contribution in [3.8, 4) is 17.2 Å². The minimum atomic E-state index is -0.276. The van der Waals surface area contributed by atoms with Crippen molar-refractivity contribution in [1.29, 1.82) is 0 Å². The van der Waals surface area contributed by atoms with E-state index in [0.29, 0.717) is 17.2 Å². The van der Waals surface area contributed by atoms with E-state index in [1.165, 1.54) is 0 Å². The van der Waals surface area contributed by atoms with Crippen molar-refractivity contribution in [2.24, 2.45) is 0 Å². The fourth-order valence-electron chi connectivity index (χ4n) is 3.41. The van der Waals surface area contributed by atoms with Gasteiger partial charge in [0.15, 0.2) is 11.5 Å². The Hall–Kier alpha value is -3.47. The lowest BCUT2D eigenvalue weighted by Gasteiger charge is -2.18. The molecule has 0 N–H and O–H groups in total. The maximum atomic E-state index is 12.7. The highest BCUT2D eigenvalue weighted by Gasteiger charge is 2.20. The van der Waals surface area contributed by atoms with E-state index in [1.807, 2.05) is 60.7 Å². The molecule has 3 rings (SSSR count). The van der Waals surface area contributed by atoms with Gasteiger partial charge in [-0.3, -0.25) is 4.79 Å². The molecule has 0 saturated heterocycles. The molecule has 0 radical (unpaired) electrons. The third kappa shape index (κ3) is 5.11. The summed E-state index contributed by atoms with van der Waals surface area (Å²) in [7, 11) is 4.65. The van der Waals surface area contributed by atoms with Gasteiger partial charge < -0.3 is 18.9 Å².